The number of hydrogen-bond donors (Lipinski definition) is 0. The van der Waals surface area contributed by atoms with E-state index in [0.29, 0.717) is 5.76 Å². The number of hydrogen-bond acceptors (Lipinski definition) is 2. The first-order valence-electron chi connectivity index (χ1n) is 6.33. The summed E-state index contributed by atoms with van der Waals surface area (Å²) >= 11 is 0. The summed E-state index contributed by atoms with van der Waals surface area (Å²) in [4.78, 5) is 2.03. The minimum absolute atomic E-state index is 0.694. The predicted molar refractivity (Wildman–Crippen MR) is 86.6 cm³/mol. The third-order valence-corrected chi connectivity index (χ3v) is 2.77. The quantitative estimate of drug-likeness (QED) is 0.651. The molecule has 0 aromatic carbocycles. The van der Waals surface area contributed by atoms with Crippen molar-refractivity contribution in [3.05, 3.63) is 97.3 Å². The van der Waals surface area contributed by atoms with Crippen molar-refractivity contribution in [2.75, 3.05) is 7.05 Å². The van der Waals surface area contributed by atoms with Crippen molar-refractivity contribution in [1.29, 1.82) is 0 Å². The molecule has 0 unspecified atom stereocenters. The summed E-state index contributed by atoms with van der Waals surface area (Å²) in [6.07, 6.45) is 12.7. The lowest BCUT2D eigenvalue weighted by molar-refractivity contribution is 0.275. The van der Waals surface area contributed by atoms with Crippen LogP contribution in [0.1, 0.15) is 6.92 Å². The smallest absolute Gasteiger partial charge is 0.153 e. The second-order valence-electron chi connectivity index (χ2n) is 4.30. The van der Waals surface area contributed by atoms with E-state index in [9.17, 15) is 0 Å². The Labute approximate surface area is 121 Å². The largest absolute Gasteiger partial charge is 0.453 e. The van der Waals surface area contributed by atoms with Crippen LogP contribution >= 0.6 is 0 Å². The van der Waals surface area contributed by atoms with Crippen molar-refractivity contribution in [1.82, 2.24) is 4.90 Å². The van der Waals surface area contributed by atoms with Crippen LogP contribution < -0.4 is 0 Å². The normalized spacial score (nSPS) is 15.8. The van der Waals surface area contributed by atoms with Gasteiger partial charge >= 0.3 is 0 Å². The van der Waals surface area contributed by atoms with Gasteiger partial charge in [0.25, 0.3) is 0 Å². The molecule has 0 atom stereocenters. The zero-order valence-corrected chi connectivity index (χ0v) is 12.2. The monoisotopic (exact) mass is 267 g/mol. The van der Waals surface area contributed by atoms with Crippen LogP contribution in [0.5, 0.6) is 0 Å². The average molecular weight is 267 g/mol. The van der Waals surface area contributed by atoms with E-state index in [-0.39, 0.29) is 0 Å². The highest BCUT2D eigenvalue weighted by atomic mass is 16.5. The maximum Gasteiger partial charge on any atom is 0.153 e. The highest BCUT2D eigenvalue weighted by Crippen LogP contribution is 2.32. The van der Waals surface area contributed by atoms with Crippen LogP contribution in [0.2, 0.25) is 0 Å². The van der Waals surface area contributed by atoms with Gasteiger partial charge in [-0.15, -0.1) is 0 Å². The maximum atomic E-state index is 5.92. The molecule has 2 heteroatoms. The van der Waals surface area contributed by atoms with Crippen LogP contribution in [0.15, 0.2) is 97.3 Å². The molecule has 0 saturated heterocycles. The Kier molecular flexibility index (Phi) is 5.60. The molecular formula is C18H21NO. The Bertz CT molecular complexity index is 556. The van der Waals surface area contributed by atoms with Gasteiger partial charge in [0.1, 0.15) is 0 Å². The summed E-state index contributed by atoms with van der Waals surface area (Å²) in [5.74, 6) is 1.43. The van der Waals surface area contributed by atoms with E-state index in [4.69, 9.17) is 4.74 Å². The summed E-state index contributed by atoms with van der Waals surface area (Å²) < 4.78 is 5.92. The molecule has 0 N–H and O–H groups in total. The minimum atomic E-state index is 0.694. The van der Waals surface area contributed by atoms with Gasteiger partial charge in [0.2, 0.25) is 0 Å². The van der Waals surface area contributed by atoms with Crippen molar-refractivity contribution in [3.63, 3.8) is 0 Å². The molecule has 0 saturated carbocycles. The van der Waals surface area contributed by atoms with E-state index in [0.717, 1.165) is 22.7 Å². The van der Waals surface area contributed by atoms with Crippen molar-refractivity contribution in [3.8, 4) is 0 Å². The number of allylic oxidation sites excluding steroid dienone is 8. The maximum absolute atomic E-state index is 5.92. The van der Waals surface area contributed by atoms with Gasteiger partial charge in [-0.05, 0) is 30.7 Å². The van der Waals surface area contributed by atoms with Crippen molar-refractivity contribution in [2.45, 2.75) is 6.92 Å². The molecule has 0 radical (unpaired) electrons. The summed E-state index contributed by atoms with van der Waals surface area (Å²) in [5, 5.41) is 0. The van der Waals surface area contributed by atoms with Gasteiger partial charge in [0, 0.05) is 7.05 Å². The van der Waals surface area contributed by atoms with Gasteiger partial charge in [-0.25, -0.2) is 0 Å². The first kappa shape index (κ1) is 15.6. The van der Waals surface area contributed by atoms with Crippen LogP contribution in [-0.4, -0.2) is 11.9 Å². The number of likely N-dealkylation sites (N-methyl/N-ethyl adjacent to an activating group) is 1. The lowest BCUT2D eigenvalue weighted by atomic mass is 10.1. The lowest BCUT2D eigenvalue weighted by Gasteiger charge is -2.31. The first-order chi connectivity index (χ1) is 9.56. The van der Waals surface area contributed by atoms with Crippen molar-refractivity contribution < 1.29 is 4.74 Å². The van der Waals surface area contributed by atoms with E-state index < -0.39 is 0 Å². The Morgan fingerprint density at radius 2 is 1.60 bits per heavy atom. The Balaban J connectivity index is 3.37. The molecule has 0 bridgehead atoms. The molecule has 0 aromatic rings. The van der Waals surface area contributed by atoms with E-state index >= 15 is 0 Å². The third-order valence-electron chi connectivity index (χ3n) is 2.77. The van der Waals surface area contributed by atoms with E-state index in [1.807, 2.05) is 43.2 Å². The van der Waals surface area contributed by atoms with Crippen LogP contribution in [0, 0.1) is 0 Å². The molecule has 0 aromatic heterocycles. The standard InChI is InChI=1S/C18H21NO/c1-7-10-12-15-17(9-3)20-18(14(4)5)16(19(15)6)13-11-8-2/h7-13H,1-4H2,5-6H3/b12-10-,13-11-. The zero-order chi connectivity index (χ0) is 15.1. The summed E-state index contributed by atoms with van der Waals surface area (Å²) in [5.41, 5.74) is 2.69. The van der Waals surface area contributed by atoms with Gasteiger partial charge in [0.15, 0.2) is 11.5 Å². The summed E-state index contributed by atoms with van der Waals surface area (Å²) in [6, 6.07) is 0. The molecule has 1 aliphatic heterocycles. The molecule has 1 rings (SSSR count). The van der Waals surface area contributed by atoms with Crippen LogP contribution in [-0.2, 0) is 4.74 Å². The molecule has 1 aliphatic rings. The van der Waals surface area contributed by atoms with Gasteiger partial charge in [-0.1, -0.05) is 50.6 Å². The molecule has 104 valence electrons. The lowest BCUT2D eigenvalue weighted by Crippen LogP contribution is -2.24. The van der Waals surface area contributed by atoms with E-state index in [1.54, 1.807) is 18.2 Å². The Morgan fingerprint density at radius 1 is 1.05 bits per heavy atom. The Hall–Kier alpha value is -2.48. The third kappa shape index (κ3) is 3.29. The molecule has 0 fully saturated rings. The fraction of sp³-hybridized carbons (Fsp3) is 0.111. The van der Waals surface area contributed by atoms with Crippen molar-refractivity contribution in [2.24, 2.45) is 0 Å². The van der Waals surface area contributed by atoms with Gasteiger partial charge < -0.3 is 9.64 Å². The van der Waals surface area contributed by atoms with Gasteiger partial charge in [-0.2, -0.15) is 0 Å². The number of nitrogens with zero attached hydrogens (tertiary/aromatic N) is 1. The number of rotatable bonds is 6. The zero-order valence-electron chi connectivity index (χ0n) is 12.2. The molecule has 0 amide bonds. The van der Waals surface area contributed by atoms with Gasteiger partial charge in [0.05, 0.1) is 11.4 Å². The Morgan fingerprint density at radius 3 is 2.05 bits per heavy atom. The highest BCUT2D eigenvalue weighted by molar-refractivity contribution is 5.44. The van der Waals surface area contributed by atoms with Crippen LogP contribution in [0.4, 0.5) is 0 Å². The fourth-order valence-corrected chi connectivity index (χ4v) is 1.81. The fourth-order valence-electron chi connectivity index (χ4n) is 1.81. The van der Waals surface area contributed by atoms with Crippen LogP contribution in [0.25, 0.3) is 0 Å². The molecule has 1 heterocycles. The van der Waals surface area contributed by atoms with E-state index in [2.05, 4.69) is 26.3 Å². The first-order valence-corrected chi connectivity index (χ1v) is 6.33. The van der Waals surface area contributed by atoms with Gasteiger partial charge in [-0.3, -0.25) is 0 Å². The minimum Gasteiger partial charge on any atom is -0.453 e. The topological polar surface area (TPSA) is 12.5 Å². The molecule has 20 heavy (non-hydrogen) atoms. The second-order valence-corrected chi connectivity index (χ2v) is 4.30. The molecule has 0 aliphatic carbocycles. The predicted octanol–water partition coefficient (Wildman–Crippen LogP) is 4.62. The number of ether oxygens (including phenoxy) is 1. The molecular weight excluding hydrogens is 246 g/mol. The second kappa shape index (κ2) is 7.19. The highest BCUT2D eigenvalue weighted by Gasteiger charge is 2.23. The van der Waals surface area contributed by atoms with E-state index in [1.165, 1.54) is 0 Å². The van der Waals surface area contributed by atoms with Crippen molar-refractivity contribution >= 4 is 0 Å². The summed E-state index contributed by atoms with van der Waals surface area (Å²) in [6.45, 7) is 17.1. The molecule has 0 spiro atoms. The average Bonchev–Trinajstić information content (AvgIpc) is 2.43. The van der Waals surface area contributed by atoms with Crippen LogP contribution in [0.3, 0.4) is 0 Å². The SMILES string of the molecule is C=C/C=C\C1=C(C=C)OC(C(=C)C)=C(/C=C\C=C)N1C. The summed E-state index contributed by atoms with van der Waals surface area (Å²) in [7, 11) is 1.97. The molecule has 2 nitrogen and oxygen atoms in total.